The van der Waals surface area contributed by atoms with Gasteiger partial charge in [-0.3, -0.25) is 0 Å². The molecular weight excluding hydrogens is 326 g/mol. The first kappa shape index (κ1) is 18.5. The van der Waals surface area contributed by atoms with Crippen molar-refractivity contribution < 1.29 is 5.11 Å². The van der Waals surface area contributed by atoms with Crippen LogP contribution in [0.25, 0.3) is 0 Å². The summed E-state index contributed by atoms with van der Waals surface area (Å²) in [6.45, 7) is 10.0. The summed E-state index contributed by atoms with van der Waals surface area (Å²) in [5.74, 6) is 0.376. The molecule has 1 unspecified atom stereocenters. The van der Waals surface area contributed by atoms with Crippen LogP contribution in [0, 0.1) is 5.41 Å². The van der Waals surface area contributed by atoms with E-state index in [2.05, 4.69) is 48.9 Å². The first-order chi connectivity index (χ1) is 9.89. The Labute approximate surface area is 138 Å². The zero-order valence-corrected chi connectivity index (χ0v) is 15.5. The van der Waals surface area contributed by atoms with Crippen molar-refractivity contribution in [3.63, 3.8) is 0 Å². The van der Waals surface area contributed by atoms with Gasteiger partial charge in [0, 0.05) is 22.6 Å². The normalized spacial score (nSPS) is 13.4. The summed E-state index contributed by atoms with van der Waals surface area (Å²) in [5, 5.41) is 13.7. The highest BCUT2D eigenvalue weighted by atomic mass is 79.9. The van der Waals surface area contributed by atoms with Crippen LogP contribution in [0.5, 0.6) is 5.75 Å². The summed E-state index contributed by atoms with van der Waals surface area (Å²) in [5.41, 5.74) is 1.28. The molecule has 0 saturated heterocycles. The van der Waals surface area contributed by atoms with Gasteiger partial charge in [-0.2, -0.15) is 0 Å². The second-order valence-corrected chi connectivity index (χ2v) is 7.58. The maximum atomic E-state index is 10.1. The van der Waals surface area contributed by atoms with Crippen LogP contribution in [-0.2, 0) is 0 Å². The fraction of sp³-hybridized carbons (Fsp3) is 0.667. The molecule has 1 aromatic carbocycles. The minimum atomic E-state index is 0.202. The molecule has 0 amide bonds. The molecule has 0 aliphatic heterocycles. The molecule has 0 heterocycles. The van der Waals surface area contributed by atoms with Crippen molar-refractivity contribution in [1.29, 1.82) is 0 Å². The summed E-state index contributed by atoms with van der Waals surface area (Å²) in [6.07, 6.45) is 6.09. The van der Waals surface area contributed by atoms with Crippen molar-refractivity contribution in [3.8, 4) is 5.75 Å². The lowest BCUT2D eigenvalue weighted by Crippen LogP contribution is -2.32. The molecule has 0 radical (unpaired) electrons. The molecule has 0 bridgehead atoms. The molecule has 21 heavy (non-hydrogen) atoms. The van der Waals surface area contributed by atoms with Crippen molar-refractivity contribution in [1.82, 2.24) is 5.32 Å². The molecule has 2 nitrogen and oxygen atoms in total. The van der Waals surface area contributed by atoms with Crippen molar-refractivity contribution in [2.45, 2.75) is 65.8 Å². The Morgan fingerprint density at radius 1 is 1.24 bits per heavy atom. The van der Waals surface area contributed by atoms with Gasteiger partial charge in [0.15, 0.2) is 0 Å². The number of hydrogen-bond donors (Lipinski definition) is 2. The predicted molar refractivity (Wildman–Crippen MR) is 94.8 cm³/mol. The van der Waals surface area contributed by atoms with Gasteiger partial charge in [-0.25, -0.2) is 0 Å². The van der Waals surface area contributed by atoms with Crippen molar-refractivity contribution >= 4 is 15.9 Å². The second-order valence-electron chi connectivity index (χ2n) is 6.67. The van der Waals surface area contributed by atoms with E-state index in [0.717, 1.165) is 23.0 Å². The van der Waals surface area contributed by atoms with Crippen LogP contribution in [0.2, 0.25) is 0 Å². The standard InChI is InChI=1S/C18H30BrNO/c1-5-7-8-11-18(3,4)13-20-16(6-2)15-12-14(19)9-10-17(15)21/h9-10,12,16,20-21H,5-8,11,13H2,1-4H3. The van der Waals surface area contributed by atoms with Crippen molar-refractivity contribution in [2.24, 2.45) is 5.41 Å². The van der Waals surface area contributed by atoms with Crippen LogP contribution in [-0.4, -0.2) is 11.7 Å². The Morgan fingerprint density at radius 3 is 2.57 bits per heavy atom. The van der Waals surface area contributed by atoms with Gasteiger partial charge in [0.2, 0.25) is 0 Å². The SMILES string of the molecule is CCCCCC(C)(C)CNC(CC)c1cc(Br)ccc1O. The lowest BCUT2D eigenvalue weighted by molar-refractivity contribution is 0.283. The zero-order valence-electron chi connectivity index (χ0n) is 13.9. The zero-order chi connectivity index (χ0) is 15.9. The third-order valence-corrected chi connectivity index (χ3v) is 4.55. The van der Waals surface area contributed by atoms with E-state index in [1.807, 2.05) is 12.1 Å². The minimum Gasteiger partial charge on any atom is -0.508 e. The first-order valence-corrected chi connectivity index (χ1v) is 8.90. The molecule has 1 aromatic rings. The average molecular weight is 356 g/mol. The van der Waals surface area contributed by atoms with Crippen LogP contribution in [0.1, 0.15) is 71.4 Å². The number of phenols is 1. The topological polar surface area (TPSA) is 32.3 Å². The smallest absolute Gasteiger partial charge is 0.120 e. The van der Waals surface area contributed by atoms with Gasteiger partial charge in [0.1, 0.15) is 5.75 Å². The summed E-state index contributed by atoms with van der Waals surface area (Å²) in [4.78, 5) is 0. The van der Waals surface area contributed by atoms with E-state index >= 15 is 0 Å². The van der Waals surface area contributed by atoms with Gasteiger partial charge in [-0.05, 0) is 36.5 Å². The molecule has 0 spiro atoms. The third kappa shape index (κ3) is 6.39. The number of unbranched alkanes of at least 4 members (excludes halogenated alkanes) is 2. The molecular formula is C18H30BrNO. The highest BCUT2D eigenvalue weighted by Crippen LogP contribution is 2.31. The van der Waals surface area contributed by atoms with Gasteiger partial charge in [0.25, 0.3) is 0 Å². The maximum Gasteiger partial charge on any atom is 0.120 e. The number of phenolic OH excluding ortho intramolecular Hbond substituents is 1. The molecule has 2 N–H and O–H groups in total. The van der Waals surface area contributed by atoms with Crippen LogP contribution < -0.4 is 5.32 Å². The van der Waals surface area contributed by atoms with Gasteiger partial charge in [-0.15, -0.1) is 0 Å². The summed E-state index contributed by atoms with van der Waals surface area (Å²) < 4.78 is 1.01. The predicted octanol–water partition coefficient (Wildman–Crippen LogP) is 5.80. The van der Waals surface area contributed by atoms with E-state index in [4.69, 9.17) is 0 Å². The summed E-state index contributed by atoms with van der Waals surface area (Å²) >= 11 is 3.49. The first-order valence-electron chi connectivity index (χ1n) is 8.11. The lowest BCUT2D eigenvalue weighted by atomic mass is 9.86. The quantitative estimate of drug-likeness (QED) is 0.548. The van der Waals surface area contributed by atoms with E-state index in [9.17, 15) is 5.11 Å². The number of halogens is 1. The Balaban J connectivity index is 2.63. The Morgan fingerprint density at radius 2 is 1.95 bits per heavy atom. The fourth-order valence-electron chi connectivity index (χ4n) is 2.62. The number of nitrogens with one attached hydrogen (secondary N) is 1. The lowest BCUT2D eigenvalue weighted by Gasteiger charge is -2.28. The molecule has 3 heteroatoms. The largest absolute Gasteiger partial charge is 0.508 e. The summed E-state index contributed by atoms with van der Waals surface area (Å²) in [6, 6.07) is 5.85. The van der Waals surface area contributed by atoms with Gasteiger partial charge >= 0.3 is 0 Å². The van der Waals surface area contributed by atoms with Crippen LogP contribution in [0.3, 0.4) is 0 Å². The van der Waals surface area contributed by atoms with Crippen LogP contribution in [0.15, 0.2) is 22.7 Å². The molecule has 0 fully saturated rings. The van der Waals surface area contributed by atoms with Crippen LogP contribution in [0.4, 0.5) is 0 Å². The molecule has 0 aliphatic rings. The Hall–Kier alpha value is -0.540. The highest BCUT2D eigenvalue weighted by Gasteiger charge is 2.20. The molecule has 1 atom stereocenters. The summed E-state index contributed by atoms with van der Waals surface area (Å²) in [7, 11) is 0. The average Bonchev–Trinajstić information content (AvgIpc) is 2.43. The maximum absolute atomic E-state index is 10.1. The van der Waals surface area contributed by atoms with E-state index in [1.54, 1.807) is 6.07 Å². The third-order valence-electron chi connectivity index (χ3n) is 4.06. The van der Waals surface area contributed by atoms with Gasteiger partial charge < -0.3 is 10.4 Å². The molecule has 0 saturated carbocycles. The van der Waals surface area contributed by atoms with E-state index < -0.39 is 0 Å². The highest BCUT2D eigenvalue weighted by molar-refractivity contribution is 9.10. The monoisotopic (exact) mass is 355 g/mol. The van der Waals surface area contributed by atoms with Crippen molar-refractivity contribution in [2.75, 3.05) is 6.54 Å². The van der Waals surface area contributed by atoms with Crippen molar-refractivity contribution in [3.05, 3.63) is 28.2 Å². The number of rotatable bonds is 9. The molecule has 120 valence electrons. The molecule has 0 aromatic heterocycles. The Kier molecular flexibility index (Phi) is 7.75. The minimum absolute atomic E-state index is 0.202. The fourth-order valence-corrected chi connectivity index (χ4v) is 3.00. The molecule has 0 aliphatic carbocycles. The van der Waals surface area contributed by atoms with E-state index in [-0.39, 0.29) is 6.04 Å². The van der Waals surface area contributed by atoms with E-state index in [1.165, 1.54) is 25.7 Å². The van der Waals surface area contributed by atoms with Gasteiger partial charge in [-0.1, -0.05) is 62.9 Å². The Bertz CT molecular complexity index is 431. The van der Waals surface area contributed by atoms with Gasteiger partial charge in [0.05, 0.1) is 0 Å². The van der Waals surface area contributed by atoms with Crippen LogP contribution >= 0.6 is 15.9 Å². The number of benzene rings is 1. The number of hydrogen-bond acceptors (Lipinski definition) is 2. The second kappa shape index (κ2) is 8.79. The number of aromatic hydroxyl groups is 1. The van der Waals surface area contributed by atoms with E-state index in [0.29, 0.717) is 11.2 Å². The molecule has 1 rings (SSSR count).